The molecule has 0 saturated heterocycles. The molecular formula is C89H156O12. The second-order valence-electron chi connectivity index (χ2n) is 31.0. The quantitative estimate of drug-likeness (QED) is 0.0247. The van der Waals surface area contributed by atoms with Gasteiger partial charge in [0.25, 0.3) is 0 Å². The van der Waals surface area contributed by atoms with E-state index in [1.165, 1.54) is 180 Å². The molecule has 0 amide bonds. The molecule has 0 bridgehead atoms. The summed E-state index contributed by atoms with van der Waals surface area (Å²) in [4.78, 5) is 65.9. The van der Waals surface area contributed by atoms with E-state index in [1.54, 1.807) is 5.57 Å². The Bertz CT molecular complexity index is 2230. The van der Waals surface area contributed by atoms with Gasteiger partial charge in [-0.25, -0.2) is 0 Å². The average Bonchev–Trinajstić information content (AvgIpc) is 0.783. The number of hydrogen-bond donors (Lipinski definition) is 6. The van der Waals surface area contributed by atoms with E-state index in [-0.39, 0.29) is 37.5 Å². The van der Waals surface area contributed by atoms with Gasteiger partial charge in [-0.2, -0.15) is 0 Å². The molecule has 3 aliphatic rings. The first-order valence-electron chi connectivity index (χ1n) is 42.7. The number of aliphatic carboxylic acids is 6. The minimum Gasteiger partial charge on any atom is -0.481 e. The Morgan fingerprint density at radius 1 is 0.307 bits per heavy atom. The number of fused-ring (bicyclic) bond motifs is 1. The molecule has 12 heteroatoms. The Morgan fingerprint density at radius 2 is 0.653 bits per heavy atom. The standard InChI is InChI=1S/C36H68O4.C27H44O4.C26H44O4/c1-3-5-7-9-11-15-21-27-33(29-23-17-13-19-25-31-35(37)38)34(28-22-16-12-10-8-6-4-2)30-24-18-14-20-26-32-36(39)40;1-3-5-9-12-20-15-18-24-23(22(20)4-2)17-16-21(25(24)19-27(30)31)13-10-7-6-8-11-14-26(28)29;1-3-5-6-9-12-15-23-21(4-2)18-19-22(20-26(29)30)24(23)16-13-10-7-8-11-14-17-25(27)28/h27,34H,3-26,28-32H2,1-2H3,(H,37,38)(H,39,40);15-18,20-25H,3-14,19H2,1-2H3,(H,28,29)(H,30,31);12,15,18-19,21-24H,3-11,13-14,16-17,20H2,1-2H3,(H,27,28)(H,29,30)/b;;15-12+. The van der Waals surface area contributed by atoms with Crippen molar-refractivity contribution in [1.29, 1.82) is 0 Å². The zero-order chi connectivity index (χ0) is 74.4. The fourth-order valence-corrected chi connectivity index (χ4v) is 16.7. The first-order chi connectivity index (χ1) is 49.0. The van der Waals surface area contributed by atoms with E-state index in [1.807, 2.05) is 0 Å². The predicted octanol–water partition coefficient (Wildman–Crippen LogP) is 26.4. The van der Waals surface area contributed by atoms with Crippen molar-refractivity contribution in [3.63, 3.8) is 0 Å². The lowest BCUT2D eigenvalue weighted by molar-refractivity contribution is -0.140. The molecule has 0 fully saturated rings. The SMILES string of the molecule is CCCCC/C=C/C1C(CC)C=CC(CC(=O)O)C1CCCCCCCCC(=O)O.CCCCCC1C=CC2C(C=CC(CCCCCCCC(=O)O)C2CC(=O)O)C1CC.CCCCCCCCC=C(CCCCCCCC(=O)O)C(CCCCCCCCC)CCCCCCCC(=O)O. The molecule has 3 aliphatic carbocycles. The van der Waals surface area contributed by atoms with Crippen molar-refractivity contribution < 1.29 is 59.4 Å². The summed E-state index contributed by atoms with van der Waals surface area (Å²) >= 11 is 0. The molecule has 0 aromatic heterocycles. The van der Waals surface area contributed by atoms with Crippen LogP contribution in [0, 0.1) is 65.1 Å². The van der Waals surface area contributed by atoms with Crippen LogP contribution in [0.3, 0.4) is 0 Å². The third-order valence-corrected chi connectivity index (χ3v) is 22.6. The van der Waals surface area contributed by atoms with Crippen LogP contribution >= 0.6 is 0 Å². The fourth-order valence-electron chi connectivity index (χ4n) is 16.7. The largest absolute Gasteiger partial charge is 0.481 e. The van der Waals surface area contributed by atoms with Crippen molar-refractivity contribution in [3.05, 3.63) is 60.3 Å². The van der Waals surface area contributed by atoms with Crippen molar-refractivity contribution >= 4 is 35.8 Å². The molecule has 0 aromatic rings. The lowest BCUT2D eigenvalue weighted by Crippen LogP contribution is -2.39. The van der Waals surface area contributed by atoms with Crippen LogP contribution < -0.4 is 0 Å². The van der Waals surface area contributed by atoms with Crippen LogP contribution in [-0.2, 0) is 28.8 Å². The Kier molecular flexibility index (Phi) is 60.9. The molecular weight excluding hydrogens is 1260 g/mol. The molecule has 0 radical (unpaired) electrons. The molecule has 584 valence electrons. The summed E-state index contributed by atoms with van der Waals surface area (Å²) in [5, 5.41) is 54.2. The van der Waals surface area contributed by atoms with Crippen LogP contribution in [0.15, 0.2) is 60.3 Å². The fraction of sp³-hybridized carbons (Fsp3) is 0.820. The minimum absolute atomic E-state index is 0.131. The molecule has 0 spiro atoms. The Labute approximate surface area is 618 Å². The van der Waals surface area contributed by atoms with Gasteiger partial charge in [0.05, 0.1) is 6.42 Å². The van der Waals surface area contributed by atoms with Crippen LogP contribution in [0.4, 0.5) is 0 Å². The van der Waals surface area contributed by atoms with Crippen molar-refractivity contribution in [2.45, 2.75) is 401 Å². The van der Waals surface area contributed by atoms with Gasteiger partial charge in [0.15, 0.2) is 0 Å². The van der Waals surface area contributed by atoms with E-state index in [0.717, 1.165) is 141 Å². The maximum Gasteiger partial charge on any atom is 0.303 e. The van der Waals surface area contributed by atoms with Gasteiger partial charge in [-0.15, -0.1) is 0 Å². The first kappa shape index (κ1) is 94.5. The highest BCUT2D eigenvalue weighted by Gasteiger charge is 2.42. The highest BCUT2D eigenvalue weighted by atomic mass is 16.4. The molecule has 0 saturated carbocycles. The second-order valence-corrected chi connectivity index (χ2v) is 31.0. The highest BCUT2D eigenvalue weighted by Crippen LogP contribution is 2.49. The normalized spacial score (nSPS) is 21.1. The summed E-state index contributed by atoms with van der Waals surface area (Å²) < 4.78 is 0. The predicted molar refractivity (Wildman–Crippen MR) is 421 cm³/mol. The van der Waals surface area contributed by atoms with Gasteiger partial charge < -0.3 is 30.6 Å². The average molecular weight is 1420 g/mol. The van der Waals surface area contributed by atoms with Gasteiger partial charge in [0, 0.05) is 32.1 Å². The number of carboxylic acid groups (broad SMARTS) is 6. The first-order valence-corrected chi connectivity index (χ1v) is 42.7. The van der Waals surface area contributed by atoms with Crippen molar-refractivity contribution in [1.82, 2.24) is 0 Å². The summed E-state index contributed by atoms with van der Waals surface area (Å²) in [6, 6.07) is 0. The second kappa shape index (κ2) is 65.1. The Balaban J connectivity index is 0.000000767. The Hall–Kier alpha value is -4.48. The number of carboxylic acids is 6. The van der Waals surface area contributed by atoms with Gasteiger partial charge in [0.2, 0.25) is 0 Å². The van der Waals surface area contributed by atoms with Crippen molar-refractivity contribution in [3.8, 4) is 0 Å². The molecule has 3 rings (SSSR count). The van der Waals surface area contributed by atoms with E-state index in [0.29, 0.717) is 66.1 Å². The van der Waals surface area contributed by atoms with Crippen LogP contribution in [0.1, 0.15) is 401 Å². The van der Waals surface area contributed by atoms with Gasteiger partial charge in [-0.05, 0) is 168 Å². The number of carbonyl (C=O) groups is 6. The van der Waals surface area contributed by atoms with Crippen LogP contribution in [0.5, 0.6) is 0 Å². The molecule has 0 aromatic carbocycles. The van der Waals surface area contributed by atoms with Crippen molar-refractivity contribution in [2.75, 3.05) is 0 Å². The van der Waals surface area contributed by atoms with E-state index in [2.05, 4.69) is 96.2 Å². The smallest absolute Gasteiger partial charge is 0.303 e. The summed E-state index contributed by atoms with van der Waals surface area (Å²) in [6.45, 7) is 13.6. The Morgan fingerprint density at radius 3 is 1.10 bits per heavy atom. The van der Waals surface area contributed by atoms with Gasteiger partial charge in [-0.3, -0.25) is 28.8 Å². The van der Waals surface area contributed by atoms with Crippen LogP contribution in [-0.4, -0.2) is 66.5 Å². The topological polar surface area (TPSA) is 224 Å². The minimum atomic E-state index is -0.711. The molecule has 0 aliphatic heterocycles. The molecule has 11 unspecified atom stereocenters. The lowest BCUT2D eigenvalue weighted by atomic mass is 9.59. The zero-order valence-corrected chi connectivity index (χ0v) is 65.8. The highest BCUT2D eigenvalue weighted by molar-refractivity contribution is 5.68. The van der Waals surface area contributed by atoms with E-state index >= 15 is 0 Å². The van der Waals surface area contributed by atoms with Crippen molar-refractivity contribution in [2.24, 2.45) is 65.1 Å². The van der Waals surface area contributed by atoms with Gasteiger partial charge in [-0.1, -0.05) is 320 Å². The summed E-state index contributed by atoms with van der Waals surface area (Å²) in [7, 11) is 0. The third kappa shape index (κ3) is 49.8. The van der Waals surface area contributed by atoms with Gasteiger partial charge >= 0.3 is 35.8 Å². The molecule has 6 N–H and O–H groups in total. The summed E-state index contributed by atoms with van der Waals surface area (Å²) in [5.41, 5.74) is 1.72. The third-order valence-electron chi connectivity index (χ3n) is 22.6. The zero-order valence-electron chi connectivity index (χ0n) is 65.8. The van der Waals surface area contributed by atoms with Crippen LogP contribution in [0.25, 0.3) is 0 Å². The van der Waals surface area contributed by atoms with E-state index in [9.17, 15) is 39.0 Å². The number of hydrogen-bond acceptors (Lipinski definition) is 6. The number of allylic oxidation sites excluding steroid dienone is 10. The number of unbranched alkanes of at least 4 members (excludes halogenated alkanes) is 34. The van der Waals surface area contributed by atoms with E-state index in [4.69, 9.17) is 20.4 Å². The maximum absolute atomic E-state index is 11.7. The summed E-state index contributed by atoms with van der Waals surface area (Å²) in [6.07, 6.45) is 82.3. The summed E-state index contributed by atoms with van der Waals surface area (Å²) in [5.74, 6) is 0.720. The van der Waals surface area contributed by atoms with Crippen LogP contribution in [0.2, 0.25) is 0 Å². The molecule has 11 atom stereocenters. The molecule has 101 heavy (non-hydrogen) atoms. The number of rotatable bonds is 64. The molecule has 12 nitrogen and oxygen atoms in total. The van der Waals surface area contributed by atoms with Gasteiger partial charge in [0.1, 0.15) is 0 Å². The molecule has 0 heterocycles. The van der Waals surface area contributed by atoms with E-state index < -0.39 is 35.8 Å². The monoisotopic (exact) mass is 1420 g/mol. The lowest BCUT2D eigenvalue weighted by Gasteiger charge is -2.46. The maximum atomic E-state index is 11.7.